The maximum Gasteiger partial charge on any atom is 0.538 e. The number of hydrogen-bond acceptors (Lipinski definition) is 0. The van der Waals surface area contributed by atoms with Crippen LogP contribution in [-0.4, -0.2) is 19.3 Å². The lowest BCUT2D eigenvalue weighted by molar-refractivity contribution is 0.631. The first-order valence-electron chi connectivity index (χ1n) is 4.71. The molecule has 2 aromatic carbocycles. The van der Waals surface area contributed by atoms with Crippen LogP contribution in [0.5, 0.6) is 0 Å². The second kappa shape index (κ2) is 4.97. The molecule has 0 aliphatic rings. The molecule has 2 rings (SSSR count). The Morgan fingerprint density at radius 3 is 2.20 bits per heavy atom. The van der Waals surface area contributed by atoms with Crippen molar-refractivity contribution in [1.29, 1.82) is 0 Å². The lowest BCUT2D eigenvalue weighted by atomic mass is 10.1. The standard InChI is InChI=1S/C12H8F.ClH.Mg/c13-12-9-5-4-8-11(12)10-6-2-1-3-7-10;;/h2-9H;1H;/q;;+1/p-1. The first-order valence-corrected chi connectivity index (χ1v) is 7.55. The number of rotatable bonds is 2. The van der Waals surface area contributed by atoms with Crippen LogP contribution in [0.2, 0.25) is 0 Å². The van der Waals surface area contributed by atoms with Crippen LogP contribution in [0.3, 0.4) is 0 Å². The van der Waals surface area contributed by atoms with E-state index in [1.54, 1.807) is 12.1 Å². The highest BCUT2D eigenvalue weighted by molar-refractivity contribution is 7.01. The molecule has 3 heteroatoms. The molecule has 0 amide bonds. The van der Waals surface area contributed by atoms with Crippen molar-refractivity contribution in [3.8, 4) is 11.1 Å². The van der Waals surface area contributed by atoms with E-state index in [1.165, 1.54) is 9.76 Å². The van der Waals surface area contributed by atoms with E-state index >= 15 is 0 Å². The Labute approximate surface area is 102 Å². The first-order chi connectivity index (χ1) is 7.31. The third-order valence-electron chi connectivity index (χ3n) is 2.29. The summed E-state index contributed by atoms with van der Waals surface area (Å²) in [5.74, 6) is -0.187. The van der Waals surface area contributed by atoms with E-state index in [1.807, 2.05) is 30.3 Å². The molecule has 0 aromatic heterocycles. The fourth-order valence-corrected chi connectivity index (χ4v) is 2.42. The fraction of sp³-hybridized carbons (Fsp3) is 0. The fourth-order valence-electron chi connectivity index (χ4n) is 1.47. The minimum absolute atomic E-state index is 0.187. The first kappa shape index (κ1) is 10.9. The minimum atomic E-state index is -0.636. The van der Waals surface area contributed by atoms with Crippen LogP contribution in [0.15, 0.2) is 48.5 Å². The summed E-state index contributed by atoms with van der Waals surface area (Å²) in [5.41, 5.74) is 1.54. The van der Waals surface area contributed by atoms with Crippen LogP contribution in [-0.2, 0) is 0 Å². The number of halogens is 2. The lowest BCUT2D eigenvalue weighted by Crippen LogP contribution is -2.06. The predicted octanol–water partition coefficient (Wildman–Crippen LogP) is 2.98. The molecule has 0 atom stereocenters. The molecule has 15 heavy (non-hydrogen) atoms. The van der Waals surface area contributed by atoms with E-state index in [0.717, 1.165) is 5.56 Å². The Kier molecular flexibility index (Phi) is 3.62. The molecule has 0 aliphatic carbocycles. The zero-order valence-electron chi connectivity index (χ0n) is 8.08. The summed E-state index contributed by atoms with van der Waals surface area (Å²) < 4.78 is 14.6. The summed E-state index contributed by atoms with van der Waals surface area (Å²) in [5, 5.41) is 0. The third-order valence-corrected chi connectivity index (χ3v) is 4.00. The van der Waals surface area contributed by atoms with E-state index < -0.39 is 19.3 Å². The molecule has 0 fully saturated rings. The highest BCUT2D eigenvalue weighted by Crippen LogP contribution is 2.21. The average molecular weight is 231 g/mol. The molecule has 0 bridgehead atoms. The van der Waals surface area contributed by atoms with Crippen molar-refractivity contribution >= 4 is 32.0 Å². The summed E-state index contributed by atoms with van der Waals surface area (Å²) in [4.78, 5) is 0. The Balaban J connectivity index is 2.42. The van der Waals surface area contributed by atoms with Crippen molar-refractivity contribution in [3.63, 3.8) is 0 Å². The van der Waals surface area contributed by atoms with Gasteiger partial charge in [-0.2, -0.15) is 0 Å². The van der Waals surface area contributed by atoms with Gasteiger partial charge in [0.25, 0.3) is 0 Å². The van der Waals surface area contributed by atoms with Crippen LogP contribution in [0.1, 0.15) is 0 Å². The Morgan fingerprint density at radius 2 is 1.60 bits per heavy atom. The van der Waals surface area contributed by atoms with Crippen molar-refractivity contribution in [2.75, 3.05) is 0 Å². The van der Waals surface area contributed by atoms with Crippen LogP contribution >= 0.6 is 9.07 Å². The van der Waals surface area contributed by atoms with Crippen LogP contribution in [0.25, 0.3) is 11.1 Å². The number of benzene rings is 2. The van der Waals surface area contributed by atoms with Gasteiger partial charge < -0.3 is 9.07 Å². The third kappa shape index (κ3) is 2.51. The maximum atomic E-state index is 13.4. The highest BCUT2D eigenvalue weighted by Gasteiger charge is 2.03. The van der Waals surface area contributed by atoms with E-state index in [2.05, 4.69) is 0 Å². The molecular weight excluding hydrogens is 223 g/mol. The van der Waals surface area contributed by atoms with Gasteiger partial charge in [-0.15, -0.1) is 3.69 Å². The molecule has 72 valence electrons. The summed E-state index contributed by atoms with van der Waals surface area (Å²) in [6, 6.07) is 14.6. The van der Waals surface area contributed by atoms with Gasteiger partial charge in [-0.25, -0.2) is 4.39 Å². The predicted molar refractivity (Wildman–Crippen MR) is 63.1 cm³/mol. The zero-order chi connectivity index (χ0) is 10.7. The topological polar surface area (TPSA) is 0 Å². The zero-order valence-corrected chi connectivity index (χ0v) is 10.3. The van der Waals surface area contributed by atoms with E-state index in [-0.39, 0.29) is 5.82 Å². The van der Waals surface area contributed by atoms with Gasteiger partial charge in [0, 0.05) is 5.56 Å². The molecule has 0 radical (unpaired) electrons. The van der Waals surface area contributed by atoms with Gasteiger partial charge in [0.15, 0.2) is 0 Å². The monoisotopic (exact) mass is 230 g/mol. The summed E-state index contributed by atoms with van der Waals surface area (Å²) in [6.07, 6.45) is 0. The second-order valence-electron chi connectivity index (χ2n) is 3.31. The molecule has 0 unspecified atom stereocenters. The molecule has 0 aliphatic heterocycles. The van der Waals surface area contributed by atoms with E-state index in [4.69, 9.17) is 9.07 Å². The quantitative estimate of drug-likeness (QED) is 0.697. The maximum absolute atomic E-state index is 13.4. The SMILES string of the molecule is Fc1ccccc1-c1cc[c]([Mg][Cl])cc1. The summed E-state index contributed by atoms with van der Waals surface area (Å²) in [7, 11) is 5.82. The molecule has 0 heterocycles. The van der Waals surface area contributed by atoms with Crippen molar-refractivity contribution < 1.29 is 4.39 Å². The Morgan fingerprint density at radius 1 is 0.933 bits per heavy atom. The normalized spacial score (nSPS) is 9.73. The van der Waals surface area contributed by atoms with Gasteiger partial charge in [0.1, 0.15) is 5.82 Å². The number of hydrogen-bond donors (Lipinski definition) is 0. The molecule has 0 saturated carbocycles. The molecule has 0 spiro atoms. The van der Waals surface area contributed by atoms with Gasteiger partial charge in [0.2, 0.25) is 0 Å². The van der Waals surface area contributed by atoms with Gasteiger partial charge >= 0.3 is 19.3 Å². The largest absolute Gasteiger partial charge is 0.538 e. The average Bonchev–Trinajstić information content (AvgIpc) is 2.30. The second-order valence-corrected chi connectivity index (χ2v) is 5.20. The molecule has 0 saturated heterocycles. The van der Waals surface area contributed by atoms with Crippen LogP contribution in [0, 0.1) is 5.82 Å². The molecule has 0 N–H and O–H groups in total. The molecule has 0 nitrogen and oxygen atoms in total. The Hall–Kier alpha value is -0.574. The van der Waals surface area contributed by atoms with Crippen molar-refractivity contribution in [2.45, 2.75) is 0 Å². The van der Waals surface area contributed by atoms with Crippen LogP contribution < -0.4 is 3.69 Å². The van der Waals surface area contributed by atoms with Gasteiger partial charge in [-0.1, -0.05) is 42.5 Å². The Bertz CT molecular complexity index is 453. The van der Waals surface area contributed by atoms with Crippen molar-refractivity contribution in [3.05, 3.63) is 54.3 Å². The highest BCUT2D eigenvalue weighted by atomic mass is 35.5. The van der Waals surface area contributed by atoms with Gasteiger partial charge in [0.05, 0.1) is 0 Å². The lowest BCUT2D eigenvalue weighted by Gasteiger charge is -2.03. The van der Waals surface area contributed by atoms with Crippen molar-refractivity contribution in [1.82, 2.24) is 0 Å². The smallest absolute Gasteiger partial charge is 0.336 e. The molecule has 2 aromatic rings. The van der Waals surface area contributed by atoms with Crippen molar-refractivity contribution in [2.24, 2.45) is 0 Å². The van der Waals surface area contributed by atoms with Gasteiger partial charge in [-0.3, -0.25) is 0 Å². The summed E-state index contributed by atoms with van der Waals surface area (Å²) in [6.45, 7) is 0. The van der Waals surface area contributed by atoms with Crippen LogP contribution in [0.4, 0.5) is 4.39 Å². The minimum Gasteiger partial charge on any atom is -0.336 e. The summed E-state index contributed by atoms with van der Waals surface area (Å²) >= 11 is -0.636. The van der Waals surface area contributed by atoms with Gasteiger partial charge in [-0.05, 0) is 11.6 Å². The van der Waals surface area contributed by atoms with E-state index in [9.17, 15) is 4.39 Å². The molecular formula is C12H8ClFMg. The van der Waals surface area contributed by atoms with E-state index in [0.29, 0.717) is 5.56 Å².